The number of benzene rings is 6. The number of aromatic nitrogens is 3. The predicted molar refractivity (Wildman–Crippen MR) is 170 cm³/mol. The average Bonchev–Trinajstić information content (AvgIpc) is 3.57. The number of hydrogen-bond donors (Lipinski definition) is 0. The number of nitrogens with zero attached hydrogens (tertiary/aromatic N) is 3. The van der Waals surface area contributed by atoms with Crippen LogP contribution in [0.3, 0.4) is 0 Å². The van der Waals surface area contributed by atoms with Gasteiger partial charge in [-0.25, -0.2) is 9.97 Å². The Morgan fingerprint density at radius 2 is 1.12 bits per heavy atom. The molecule has 0 unspecified atom stereocenters. The molecule has 0 radical (unpaired) electrons. The Bertz CT molecular complexity index is 2430. The van der Waals surface area contributed by atoms with E-state index in [4.69, 9.17) is 9.97 Å². The smallest absolute Gasteiger partial charge is 0.165 e. The Labute approximate surface area is 233 Å². The second-order valence-corrected chi connectivity index (χ2v) is 11.2. The Morgan fingerprint density at radius 1 is 0.475 bits per heavy atom. The summed E-state index contributed by atoms with van der Waals surface area (Å²) in [5.74, 6) is 0.853. The van der Waals surface area contributed by atoms with Gasteiger partial charge in [-0.05, 0) is 29.0 Å². The molecule has 0 saturated carbocycles. The third-order valence-electron chi connectivity index (χ3n) is 7.98. The summed E-state index contributed by atoms with van der Waals surface area (Å²) in [5, 5.41) is 7.59. The van der Waals surface area contributed by atoms with E-state index in [1.54, 1.807) is 0 Å². The Morgan fingerprint density at radius 3 is 2.00 bits per heavy atom. The molecule has 40 heavy (non-hydrogen) atoms. The van der Waals surface area contributed by atoms with Crippen LogP contribution in [0.2, 0.25) is 0 Å². The lowest BCUT2D eigenvalue weighted by atomic mass is 10.0. The largest absolute Gasteiger partial charge is 0.290 e. The molecule has 9 rings (SSSR count). The lowest BCUT2D eigenvalue weighted by molar-refractivity contribution is 1.08. The van der Waals surface area contributed by atoms with Gasteiger partial charge in [0.1, 0.15) is 5.69 Å². The van der Waals surface area contributed by atoms with Gasteiger partial charge in [0.2, 0.25) is 0 Å². The summed E-state index contributed by atoms with van der Waals surface area (Å²) >= 11 is 1.88. The predicted octanol–water partition coefficient (Wildman–Crippen LogP) is 9.91. The van der Waals surface area contributed by atoms with E-state index in [0.29, 0.717) is 0 Å². The minimum atomic E-state index is 0.853. The molecule has 186 valence electrons. The van der Waals surface area contributed by atoms with Crippen LogP contribution in [0, 0.1) is 0 Å². The Hall–Kier alpha value is -5.06. The van der Waals surface area contributed by atoms with Crippen LogP contribution in [0.15, 0.2) is 127 Å². The van der Waals surface area contributed by atoms with Gasteiger partial charge < -0.3 is 0 Å². The van der Waals surface area contributed by atoms with Crippen LogP contribution in [0.4, 0.5) is 0 Å². The molecule has 3 nitrogen and oxygen atoms in total. The van der Waals surface area contributed by atoms with E-state index in [-0.39, 0.29) is 0 Å². The highest BCUT2D eigenvalue weighted by molar-refractivity contribution is 7.27. The average molecular weight is 528 g/mol. The summed E-state index contributed by atoms with van der Waals surface area (Å²) in [6.45, 7) is 0. The van der Waals surface area contributed by atoms with Crippen molar-refractivity contribution >= 4 is 75.1 Å². The van der Waals surface area contributed by atoms with Crippen LogP contribution in [0.25, 0.3) is 80.9 Å². The SMILES string of the molecule is c1ccc(-c2nc3ccccc3nc2-n2c3ccccc3c3ccc4c5ccc6ccccc6c5sc4c32)cc1. The van der Waals surface area contributed by atoms with Crippen molar-refractivity contribution in [1.29, 1.82) is 0 Å². The topological polar surface area (TPSA) is 30.7 Å². The minimum absolute atomic E-state index is 0.853. The Kier molecular flexibility index (Phi) is 4.48. The third kappa shape index (κ3) is 2.99. The van der Waals surface area contributed by atoms with Gasteiger partial charge >= 0.3 is 0 Å². The van der Waals surface area contributed by atoms with Crippen molar-refractivity contribution < 1.29 is 0 Å². The fourth-order valence-corrected chi connectivity index (χ4v) is 7.54. The van der Waals surface area contributed by atoms with Gasteiger partial charge in [-0.2, -0.15) is 0 Å². The van der Waals surface area contributed by atoms with Crippen LogP contribution in [-0.2, 0) is 0 Å². The quantitative estimate of drug-likeness (QED) is 0.224. The molecule has 9 aromatic rings. The fourth-order valence-electron chi connectivity index (χ4n) is 6.17. The molecule has 0 aliphatic carbocycles. The number of thiophene rings is 1. The van der Waals surface area contributed by atoms with Gasteiger partial charge in [-0.15, -0.1) is 11.3 Å². The third-order valence-corrected chi connectivity index (χ3v) is 9.24. The highest BCUT2D eigenvalue weighted by Crippen LogP contribution is 2.45. The molecule has 0 saturated heterocycles. The summed E-state index contributed by atoms with van der Waals surface area (Å²) in [6, 6.07) is 45.0. The molecule has 4 heteroatoms. The van der Waals surface area contributed by atoms with Crippen molar-refractivity contribution in [3.8, 4) is 17.1 Å². The molecular formula is C36H21N3S. The molecule has 0 amide bonds. The molecule has 0 spiro atoms. The normalized spacial score (nSPS) is 12.0. The van der Waals surface area contributed by atoms with Crippen LogP contribution < -0.4 is 0 Å². The van der Waals surface area contributed by atoms with Crippen LogP contribution in [-0.4, -0.2) is 14.5 Å². The molecule has 0 fully saturated rings. The van der Waals surface area contributed by atoms with E-state index < -0.39 is 0 Å². The molecule has 0 bridgehead atoms. The maximum atomic E-state index is 5.31. The van der Waals surface area contributed by atoms with Gasteiger partial charge in [-0.3, -0.25) is 4.57 Å². The summed E-state index contributed by atoms with van der Waals surface area (Å²) in [5.41, 5.74) is 6.03. The van der Waals surface area contributed by atoms with Crippen molar-refractivity contribution in [3.63, 3.8) is 0 Å². The molecule has 3 heterocycles. The first kappa shape index (κ1) is 21.8. The van der Waals surface area contributed by atoms with Gasteiger partial charge in [0.15, 0.2) is 5.82 Å². The number of rotatable bonds is 2. The zero-order valence-corrected chi connectivity index (χ0v) is 22.2. The molecule has 6 aromatic carbocycles. The monoisotopic (exact) mass is 527 g/mol. The first-order chi connectivity index (χ1) is 19.8. The molecule has 0 aliphatic heterocycles. The van der Waals surface area contributed by atoms with Gasteiger partial charge in [0.05, 0.1) is 26.8 Å². The fraction of sp³-hybridized carbons (Fsp3) is 0. The van der Waals surface area contributed by atoms with Crippen molar-refractivity contribution in [3.05, 3.63) is 127 Å². The van der Waals surface area contributed by atoms with E-state index in [2.05, 4.69) is 108 Å². The van der Waals surface area contributed by atoms with E-state index in [1.165, 1.54) is 47.2 Å². The molecule has 0 N–H and O–H groups in total. The number of para-hydroxylation sites is 3. The van der Waals surface area contributed by atoms with E-state index in [1.807, 2.05) is 35.6 Å². The lowest BCUT2D eigenvalue weighted by Crippen LogP contribution is -2.03. The van der Waals surface area contributed by atoms with Crippen molar-refractivity contribution in [2.75, 3.05) is 0 Å². The van der Waals surface area contributed by atoms with Gasteiger partial charge in [0, 0.05) is 31.8 Å². The molecule has 3 aromatic heterocycles. The first-order valence-electron chi connectivity index (χ1n) is 13.4. The Balaban J connectivity index is 1.50. The lowest BCUT2D eigenvalue weighted by Gasteiger charge is -2.14. The van der Waals surface area contributed by atoms with Crippen molar-refractivity contribution in [2.24, 2.45) is 0 Å². The molecular weight excluding hydrogens is 506 g/mol. The summed E-state index contributed by atoms with van der Waals surface area (Å²) < 4.78 is 4.95. The highest BCUT2D eigenvalue weighted by atomic mass is 32.1. The number of hydrogen-bond acceptors (Lipinski definition) is 3. The highest BCUT2D eigenvalue weighted by Gasteiger charge is 2.22. The van der Waals surface area contributed by atoms with Crippen molar-refractivity contribution in [1.82, 2.24) is 14.5 Å². The van der Waals surface area contributed by atoms with E-state index >= 15 is 0 Å². The second-order valence-electron chi connectivity index (χ2n) is 10.2. The maximum absolute atomic E-state index is 5.31. The van der Waals surface area contributed by atoms with Crippen LogP contribution in [0.5, 0.6) is 0 Å². The number of fused-ring (bicyclic) bond motifs is 10. The maximum Gasteiger partial charge on any atom is 0.165 e. The first-order valence-corrected chi connectivity index (χ1v) is 14.3. The molecule has 0 atom stereocenters. The standard InChI is InChI=1S/C36H21N3S/c1-2-11-23(12-3-1)32-36(38-30-16-8-7-15-29(30)37-32)39-31-17-9-6-14-25(31)26-20-21-28-27-19-18-22-10-4-5-13-24(22)34(27)40-35(28)33(26)39/h1-21H. The van der Waals surface area contributed by atoms with Crippen LogP contribution >= 0.6 is 11.3 Å². The van der Waals surface area contributed by atoms with Gasteiger partial charge in [-0.1, -0.05) is 109 Å². The van der Waals surface area contributed by atoms with Gasteiger partial charge in [0.25, 0.3) is 0 Å². The summed E-state index contributed by atoms with van der Waals surface area (Å²) in [4.78, 5) is 10.5. The zero-order chi connectivity index (χ0) is 26.2. The van der Waals surface area contributed by atoms with Crippen molar-refractivity contribution in [2.45, 2.75) is 0 Å². The summed E-state index contributed by atoms with van der Waals surface area (Å²) in [6.07, 6.45) is 0. The van der Waals surface area contributed by atoms with Crippen LogP contribution in [0.1, 0.15) is 0 Å². The molecule has 0 aliphatic rings. The second kappa shape index (κ2) is 8.22. The zero-order valence-electron chi connectivity index (χ0n) is 21.4. The minimum Gasteiger partial charge on any atom is -0.290 e. The van der Waals surface area contributed by atoms with E-state index in [9.17, 15) is 0 Å². The summed E-state index contributed by atoms with van der Waals surface area (Å²) in [7, 11) is 0. The van der Waals surface area contributed by atoms with E-state index in [0.717, 1.165) is 33.6 Å².